The molecule has 0 aliphatic carbocycles. The number of hydrogen-bond acceptors (Lipinski definition) is 3. The van der Waals surface area contributed by atoms with Gasteiger partial charge in [-0.05, 0) is 29.8 Å². The van der Waals surface area contributed by atoms with E-state index in [0.717, 1.165) is 5.56 Å². The molecule has 2 amide bonds. The van der Waals surface area contributed by atoms with E-state index in [0.29, 0.717) is 10.8 Å². The number of rotatable bonds is 5. The molecule has 1 aromatic heterocycles. The Kier molecular flexibility index (Phi) is 5.49. The fourth-order valence-electron chi connectivity index (χ4n) is 2.01. The van der Waals surface area contributed by atoms with Crippen molar-refractivity contribution in [3.8, 4) is 0 Å². The molecule has 0 aliphatic heterocycles. The van der Waals surface area contributed by atoms with Gasteiger partial charge < -0.3 is 10.6 Å². The zero-order valence-electron chi connectivity index (χ0n) is 12.0. The molecule has 0 radical (unpaired) electrons. The Labute approximate surface area is 133 Å². The first-order valence-electron chi connectivity index (χ1n) is 6.78. The zero-order valence-corrected chi connectivity index (χ0v) is 12.8. The standard InChI is InChI=1S/C16H16ClN3O2/c1-11(21)19-14(12-5-7-13(17)8-6-12)10-16(22)20-15-4-2-3-9-18-15/h2-9,14H,10H2,1H3,(H,19,21)(H,18,20,22). The van der Waals surface area contributed by atoms with Crippen LogP contribution < -0.4 is 10.6 Å². The molecule has 1 unspecified atom stereocenters. The van der Waals surface area contributed by atoms with Crippen LogP contribution in [-0.2, 0) is 9.59 Å². The third-order valence-corrected chi connectivity index (χ3v) is 3.22. The van der Waals surface area contributed by atoms with Crippen LogP contribution in [0.15, 0.2) is 48.7 Å². The van der Waals surface area contributed by atoms with E-state index in [4.69, 9.17) is 11.6 Å². The van der Waals surface area contributed by atoms with Gasteiger partial charge in [0.25, 0.3) is 0 Å². The van der Waals surface area contributed by atoms with E-state index in [-0.39, 0.29) is 18.2 Å². The van der Waals surface area contributed by atoms with Gasteiger partial charge in [-0.1, -0.05) is 29.8 Å². The number of halogens is 1. The van der Waals surface area contributed by atoms with Crippen LogP contribution in [0, 0.1) is 0 Å². The van der Waals surface area contributed by atoms with Gasteiger partial charge in [0, 0.05) is 18.1 Å². The monoisotopic (exact) mass is 317 g/mol. The summed E-state index contributed by atoms with van der Waals surface area (Å²) in [5.41, 5.74) is 0.816. The smallest absolute Gasteiger partial charge is 0.227 e. The van der Waals surface area contributed by atoms with Crippen molar-refractivity contribution in [2.24, 2.45) is 0 Å². The number of aromatic nitrogens is 1. The highest BCUT2D eigenvalue weighted by Crippen LogP contribution is 2.20. The molecule has 5 nitrogen and oxygen atoms in total. The Morgan fingerprint density at radius 1 is 1.18 bits per heavy atom. The van der Waals surface area contributed by atoms with Crippen LogP contribution in [0.2, 0.25) is 5.02 Å². The van der Waals surface area contributed by atoms with Crippen molar-refractivity contribution in [2.45, 2.75) is 19.4 Å². The summed E-state index contributed by atoms with van der Waals surface area (Å²) in [6.45, 7) is 1.42. The minimum absolute atomic E-state index is 0.109. The van der Waals surface area contributed by atoms with E-state index in [1.54, 1.807) is 48.7 Å². The lowest BCUT2D eigenvalue weighted by molar-refractivity contribution is -0.120. The van der Waals surface area contributed by atoms with Gasteiger partial charge in [-0.15, -0.1) is 0 Å². The Morgan fingerprint density at radius 2 is 1.91 bits per heavy atom. The highest BCUT2D eigenvalue weighted by molar-refractivity contribution is 6.30. The minimum atomic E-state index is -0.418. The van der Waals surface area contributed by atoms with E-state index in [2.05, 4.69) is 15.6 Å². The van der Waals surface area contributed by atoms with E-state index in [9.17, 15) is 9.59 Å². The molecular weight excluding hydrogens is 302 g/mol. The van der Waals surface area contributed by atoms with Crippen molar-refractivity contribution in [3.05, 3.63) is 59.2 Å². The Hall–Kier alpha value is -2.40. The molecule has 0 fully saturated rings. The first-order chi connectivity index (χ1) is 10.5. The summed E-state index contributed by atoms with van der Waals surface area (Å²) < 4.78 is 0. The fraction of sp³-hybridized carbons (Fsp3) is 0.188. The molecule has 0 saturated heterocycles. The van der Waals surface area contributed by atoms with Gasteiger partial charge in [-0.2, -0.15) is 0 Å². The number of hydrogen-bond donors (Lipinski definition) is 2. The first kappa shape index (κ1) is 16.0. The van der Waals surface area contributed by atoms with E-state index in [1.165, 1.54) is 6.92 Å². The maximum Gasteiger partial charge on any atom is 0.227 e. The number of benzene rings is 1. The minimum Gasteiger partial charge on any atom is -0.349 e. The second-order valence-electron chi connectivity index (χ2n) is 4.77. The highest BCUT2D eigenvalue weighted by atomic mass is 35.5. The maximum absolute atomic E-state index is 12.1. The number of carbonyl (C=O) groups excluding carboxylic acids is 2. The lowest BCUT2D eigenvalue weighted by atomic mass is 10.0. The van der Waals surface area contributed by atoms with Crippen molar-refractivity contribution in [1.82, 2.24) is 10.3 Å². The molecular formula is C16H16ClN3O2. The molecule has 1 atom stereocenters. The van der Waals surface area contributed by atoms with Crippen LogP contribution in [0.1, 0.15) is 24.9 Å². The molecule has 0 aliphatic rings. The van der Waals surface area contributed by atoms with Crippen LogP contribution in [0.4, 0.5) is 5.82 Å². The third kappa shape index (κ3) is 4.86. The topological polar surface area (TPSA) is 71.1 Å². The van der Waals surface area contributed by atoms with Gasteiger partial charge in [-0.3, -0.25) is 9.59 Å². The van der Waals surface area contributed by atoms with Crippen LogP contribution >= 0.6 is 11.6 Å². The van der Waals surface area contributed by atoms with E-state index < -0.39 is 6.04 Å². The summed E-state index contributed by atoms with van der Waals surface area (Å²) >= 11 is 5.86. The Bertz CT molecular complexity index is 644. The lowest BCUT2D eigenvalue weighted by Crippen LogP contribution is -2.29. The molecule has 114 valence electrons. The number of nitrogens with zero attached hydrogens (tertiary/aromatic N) is 1. The number of carbonyl (C=O) groups is 2. The molecule has 22 heavy (non-hydrogen) atoms. The molecule has 2 rings (SSSR count). The molecule has 6 heteroatoms. The predicted molar refractivity (Wildman–Crippen MR) is 85.5 cm³/mol. The normalized spacial score (nSPS) is 11.5. The van der Waals surface area contributed by atoms with Crippen LogP contribution in [-0.4, -0.2) is 16.8 Å². The van der Waals surface area contributed by atoms with E-state index >= 15 is 0 Å². The molecule has 0 bridgehead atoms. The van der Waals surface area contributed by atoms with Crippen LogP contribution in [0.5, 0.6) is 0 Å². The SMILES string of the molecule is CC(=O)NC(CC(=O)Nc1ccccn1)c1ccc(Cl)cc1. The first-order valence-corrected chi connectivity index (χ1v) is 7.16. The molecule has 0 spiro atoms. The number of anilines is 1. The van der Waals surface area contributed by atoms with Gasteiger partial charge in [0.2, 0.25) is 11.8 Å². The highest BCUT2D eigenvalue weighted by Gasteiger charge is 2.17. The molecule has 0 saturated carbocycles. The maximum atomic E-state index is 12.1. The van der Waals surface area contributed by atoms with E-state index in [1.807, 2.05) is 0 Å². The van der Waals surface area contributed by atoms with Gasteiger partial charge in [-0.25, -0.2) is 4.98 Å². The van der Waals surface area contributed by atoms with Crippen molar-refractivity contribution in [1.29, 1.82) is 0 Å². The molecule has 1 heterocycles. The van der Waals surface area contributed by atoms with Crippen LogP contribution in [0.25, 0.3) is 0 Å². The number of amides is 2. The summed E-state index contributed by atoms with van der Waals surface area (Å²) in [5.74, 6) is 0.0446. The fourth-order valence-corrected chi connectivity index (χ4v) is 2.13. The average molecular weight is 318 g/mol. The quantitative estimate of drug-likeness (QED) is 0.890. The number of pyridine rings is 1. The zero-order chi connectivity index (χ0) is 15.9. The predicted octanol–water partition coefficient (Wildman–Crippen LogP) is 2.94. The summed E-state index contributed by atoms with van der Waals surface area (Å²) in [4.78, 5) is 27.5. The van der Waals surface area contributed by atoms with Gasteiger partial charge >= 0.3 is 0 Å². The third-order valence-electron chi connectivity index (χ3n) is 2.97. The molecule has 2 N–H and O–H groups in total. The van der Waals surface area contributed by atoms with Gasteiger partial charge in [0.15, 0.2) is 0 Å². The Balaban J connectivity index is 2.07. The summed E-state index contributed by atoms with van der Waals surface area (Å²) in [5, 5.41) is 6.07. The average Bonchev–Trinajstić information content (AvgIpc) is 2.48. The molecule has 2 aromatic rings. The second kappa shape index (κ2) is 7.56. The van der Waals surface area contributed by atoms with Crippen LogP contribution in [0.3, 0.4) is 0 Å². The summed E-state index contributed by atoms with van der Waals surface area (Å²) in [7, 11) is 0. The molecule has 1 aromatic carbocycles. The van der Waals surface area contributed by atoms with Gasteiger partial charge in [0.05, 0.1) is 12.5 Å². The van der Waals surface area contributed by atoms with Crippen molar-refractivity contribution in [3.63, 3.8) is 0 Å². The summed E-state index contributed by atoms with van der Waals surface area (Å²) in [6, 6.07) is 11.9. The summed E-state index contributed by atoms with van der Waals surface area (Å²) in [6.07, 6.45) is 1.71. The Morgan fingerprint density at radius 3 is 2.50 bits per heavy atom. The van der Waals surface area contributed by atoms with Crippen molar-refractivity contribution >= 4 is 29.2 Å². The van der Waals surface area contributed by atoms with Crippen molar-refractivity contribution in [2.75, 3.05) is 5.32 Å². The largest absolute Gasteiger partial charge is 0.349 e. The number of nitrogens with one attached hydrogen (secondary N) is 2. The van der Waals surface area contributed by atoms with Gasteiger partial charge in [0.1, 0.15) is 5.82 Å². The lowest BCUT2D eigenvalue weighted by Gasteiger charge is -2.18. The van der Waals surface area contributed by atoms with Crippen molar-refractivity contribution < 1.29 is 9.59 Å². The second-order valence-corrected chi connectivity index (χ2v) is 5.21.